The predicted molar refractivity (Wildman–Crippen MR) is 109 cm³/mol. The first-order chi connectivity index (χ1) is 13.8. The molecule has 1 unspecified atom stereocenters. The first-order valence-electron chi connectivity index (χ1n) is 10.0. The summed E-state index contributed by atoms with van der Waals surface area (Å²) in [6, 6.07) is 7.52. The summed E-state index contributed by atoms with van der Waals surface area (Å²) < 4.78 is 5.41. The number of nitrogens with one attached hydrogen (secondary N) is 1. The molecule has 156 valence electrons. The van der Waals surface area contributed by atoms with Gasteiger partial charge in [0.15, 0.2) is 0 Å². The van der Waals surface area contributed by atoms with E-state index in [1.165, 1.54) is 12.5 Å². The minimum absolute atomic E-state index is 0.0192. The summed E-state index contributed by atoms with van der Waals surface area (Å²) >= 11 is 0. The van der Waals surface area contributed by atoms with E-state index < -0.39 is 6.04 Å². The van der Waals surface area contributed by atoms with Crippen molar-refractivity contribution in [2.24, 2.45) is 5.92 Å². The molecule has 2 heterocycles. The molecule has 1 saturated heterocycles. The number of rotatable bonds is 6. The molecule has 0 saturated carbocycles. The maximum atomic E-state index is 12.8. The molecule has 0 bridgehead atoms. The number of hydrogen-bond donors (Lipinski definition) is 1. The van der Waals surface area contributed by atoms with Crippen LogP contribution >= 0.6 is 0 Å². The SMILES string of the molecule is CC(=O)NC(C(=O)N1CCN(Cc2nc(-c3ccc(C)cc3)no2)CC1)C(C)C. The van der Waals surface area contributed by atoms with Gasteiger partial charge in [-0.05, 0) is 12.8 Å². The summed E-state index contributed by atoms with van der Waals surface area (Å²) in [7, 11) is 0. The van der Waals surface area contributed by atoms with E-state index in [0.29, 0.717) is 31.3 Å². The largest absolute Gasteiger partial charge is 0.344 e. The Bertz CT molecular complexity index is 838. The fraction of sp³-hybridized carbons (Fsp3) is 0.524. The third-order valence-corrected chi connectivity index (χ3v) is 5.11. The topological polar surface area (TPSA) is 91.6 Å². The van der Waals surface area contributed by atoms with Gasteiger partial charge in [-0.1, -0.05) is 48.8 Å². The van der Waals surface area contributed by atoms with Gasteiger partial charge in [0, 0.05) is 38.7 Å². The number of amides is 2. The maximum absolute atomic E-state index is 12.8. The fourth-order valence-electron chi connectivity index (χ4n) is 3.39. The summed E-state index contributed by atoms with van der Waals surface area (Å²) in [5, 5.41) is 6.85. The van der Waals surface area contributed by atoms with Crippen LogP contribution in [-0.4, -0.2) is 64.0 Å². The molecule has 8 heteroatoms. The van der Waals surface area contributed by atoms with Gasteiger partial charge in [-0.2, -0.15) is 4.98 Å². The van der Waals surface area contributed by atoms with Gasteiger partial charge in [0.2, 0.25) is 23.5 Å². The molecule has 0 spiro atoms. The fourth-order valence-corrected chi connectivity index (χ4v) is 3.39. The van der Waals surface area contributed by atoms with Crippen molar-refractivity contribution in [2.45, 2.75) is 40.3 Å². The van der Waals surface area contributed by atoms with E-state index in [1.807, 2.05) is 49.9 Å². The van der Waals surface area contributed by atoms with Crippen molar-refractivity contribution in [2.75, 3.05) is 26.2 Å². The zero-order valence-electron chi connectivity index (χ0n) is 17.5. The van der Waals surface area contributed by atoms with Gasteiger partial charge in [0.25, 0.3) is 0 Å². The smallest absolute Gasteiger partial charge is 0.245 e. The Morgan fingerprint density at radius 2 is 1.79 bits per heavy atom. The van der Waals surface area contributed by atoms with E-state index in [9.17, 15) is 9.59 Å². The predicted octanol–water partition coefficient (Wildman–Crippen LogP) is 1.85. The molecule has 2 aromatic rings. The number of aromatic nitrogens is 2. The molecule has 1 N–H and O–H groups in total. The van der Waals surface area contributed by atoms with Crippen molar-refractivity contribution in [1.29, 1.82) is 0 Å². The van der Waals surface area contributed by atoms with E-state index in [2.05, 4.69) is 20.4 Å². The summed E-state index contributed by atoms with van der Waals surface area (Å²) in [5.74, 6) is 0.997. The number of piperazine rings is 1. The molecule has 3 rings (SSSR count). The highest BCUT2D eigenvalue weighted by molar-refractivity contribution is 5.87. The number of aryl methyl sites for hydroxylation is 1. The van der Waals surface area contributed by atoms with Crippen LogP contribution in [-0.2, 0) is 16.1 Å². The lowest BCUT2D eigenvalue weighted by atomic mass is 10.0. The van der Waals surface area contributed by atoms with Crippen molar-refractivity contribution in [3.05, 3.63) is 35.7 Å². The van der Waals surface area contributed by atoms with Crippen LogP contribution in [0.3, 0.4) is 0 Å². The van der Waals surface area contributed by atoms with E-state index in [-0.39, 0.29) is 17.7 Å². The molecule has 1 aliphatic heterocycles. The molecular formula is C21H29N5O3. The van der Waals surface area contributed by atoms with Gasteiger partial charge in [0.1, 0.15) is 6.04 Å². The Kier molecular flexibility index (Phi) is 6.64. The molecule has 0 radical (unpaired) electrons. The summed E-state index contributed by atoms with van der Waals surface area (Å²) in [6.45, 7) is 10.6. The van der Waals surface area contributed by atoms with E-state index >= 15 is 0 Å². The summed E-state index contributed by atoms with van der Waals surface area (Å²) in [6.07, 6.45) is 0. The van der Waals surface area contributed by atoms with Crippen LogP contribution in [0.2, 0.25) is 0 Å². The van der Waals surface area contributed by atoms with E-state index in [4.69, 9.17) is 4.52 Å². The lowest BCUT2D eigenvalue weighted by Crippen LogP contribution is -2.56. The highest BCUT2D eigenvalue weighted by atomic mass is 16.5. The Balaban J connectivity index is 1.54. The number of carbonyl (C=O) groups is 2. The van der Waals surface area contributed by atoms with Crippen molar-refractivity contribution >= 4 is 11.8 Å². The zero-order chi connectivity index (χ0) is 21.0. The molecule has 1 aromatic carbocycles. The standard InChI is InChI=1S/C21H29N5O3/c1-14(2)19(22-16(4)27)21(28)26-11-9-25(10-12-26)13-18-23-20(24-29-18)17-7-5-15(3)6-8-17/h5-8,14,19H,9-13H2,1-4H3,(H,22,27). The van der Waals surface area contributed by atoms with Crippen molar-refractivity contribution in [3.8, 4) is 11.4 Å². The van der Waals surface area contributed by atoms with Crippen molar-refractivity contribution in [3.63, 3.8) is 0 Å². The summed E-state index contributed by atoms with van der Waals surface area (Å²) in [5.41, 5.74) is 2.11. The number of hydrogen-bond acceptors (Lipinski definition) is 6. The zero-order valence-corrected chi connectivity index (χ0v) is 17.5. The van der Waals surface area contributed by atoms with Crippen LogP contribution in [0.1, 0.15) is 32.2 Å². The Labute approximate surface area is 171 Å². The molecule has 2 amide bonds. The molecule has 1 aromatic heterocycles. The van der Waals surface area contributed by atoms with Crippen LogP contribution < -0.4 is 5.32 Å². The molecule has 29 heavy (non-hydrogen) atoms. The Morgan fingerprint density at radius 3 is 2.38 bits per heavy atom. The summed E-state index contributed by atoms with van der Waals surface area (Å²) in [4.78, 5) is 32.7. The normalized spacial score (nSPS) is 16.1. The molecule has 1 fully saturated rings. The molecule has 8 nitrogen and oxygen atoms in total. The minimum Gasteiger partial charge on any atom is -0.344 e. The highest BCUT2D eigenvalue weighted by Gasteiger charge is 2.30. The van der Waals surface area contributed by atoms with E-state index in [0.717, 1.165) is 18.7 Å². The monoisotopic (exact) mass is 399 g/mol. The maximum Gasteiger partial charge on any atom is 0.245 e. The van der Waals surface area contributed by atoms with Gasteiger partial charge < -0.3 is 14.7 Å². The second-order valence-corrected chi connectivity index (χ2v) is 7.90. The highest BCUT2D eigenvalue weighted by Crippen LogP contribution is 2.17. The van der Waals surface area contributed by atoms with Gasteiger partial charge in [-0.3, -0.25) is 14.5 Å². The molecule has 0 aliphatic carbocycles. The lowest BCUT2D eigenvalue weighted by Gasteiger charge is -2.36. The van der Waals surface area contributed by atoms with Crippen LogP contribution in [0.15, 0.2) is 28.8 Å². The molecule has 1 atom stereocenters. The van der Waals surface area contributed by atoms with Crippen molar-refractivity contribution < 1.29 is 14.1 Å². The van der Waals surface area contributed by atoms with Gasteiger partial charge in [-0.25, -0.2) is 0 Å². The van der Waals surface area contributed by atoms with Crippen LogP contribution in [0.25, 0.3) is 11.4 Å². The third-order valence-electron chi connectivity index (χ3n) is 5.11. The second-order valence-electron chi connectivity index (χ2n) is 7.90. The number of nitrogens with zero attached hydrogens (tertiary/aromatic N) is 4. The Hall–Kier alpha value is -2.74. The number of benzene rings is 1. The lowest BCUT2D eigenvalue weighted by molar-refractivity contribution is -0.139. The Morgan fingerprint density at radius 1 is 1.14 bits per heavy atom. The first kappa shape index (κ1) is 21.0. The third kappa shape index (κ3) is 5.41. The minimum atomic E-state index is -0.480. The van der Waals surface area contributed by atoms with Crippen molar-refractivity contribution in [1.82, 2.24) is 25.3 Å². The molecular weight excluding hydrogens is 370 g/mol. The first-order valence-corrected chi connectivity index (χ1v) is 10.0. The van der Waals surface area contributed by atoms with Gasteiger partial charge in [0.05, 0.1) is 6.54 Å². The quantitative estimate of drug-likeness (QED) is 0.797. The second kappa shape index (κ2) is 9.17. The van der Waals surface area contributed by atoms with E-state index in [1.54, 1.807) is 0 Å². The van der Waals surface area contributed by atoms with Crippen LogP contribution in [0, 0.1) is 12.8 Å². The molecule has 1 aliphatic rings. The average molecular weight is 399 g/mol. The van der Waals surface area contributed by atoms with Gasteiger partial charge in [-0.15, -0.1) is 0 Å². The number of carbonyl (C=O) groups excluding carboxylic acids is 2. The van der Waals surface area contributed by atoms with Gasteiger partial charge >= 0.3 is 0 Å². The van der Waals surface area contributed by atoms with Crippen LogP contribution in [0.4, 0.5) is 0 Å². The van der Waals surface area contributed by atoms with Crippen LogP contribution in [0.5, 0.6) is 0 Å². The average Bonchev–Trinajstić information content (AvgIpc) is 3.15.